The summed E-state index contributed by atoms with van der Waals surface area (Å²) in [4.78, 5) is 11.7. The van der Waals surface area contributed by atoms with Crippen LogP contribution in [0.4, 0.5) is 11.5 Å². The molecule has 17 heavy (non-hydrogen) atoms. The van der Waals surface area contributed by atoms with Crippen molar-refractivity contribution in [3.05, 3.63) is 5.69 Å². The molecule has 0 aliphatic carbocycles. The van der Waals surface area contributed by atoms with E-state index in [1.54, 1.807) is 18.7 Å². The van der Waals surface area contributed by atoms with E-state index in [4.69, 9.17) is 5.73 Å². The Hall–Kier alpha value is -1.72. The third kappa shape index (κ3) is 3.12. The molecular weight excluding hydrogens is 218 g/mol. The van der Waals surface area contributed by atoms with Crippen molar-refractivity contribution in [3.8, 4) is 0 Å². The quantitative estimate of drug-likeness (QED) is 0.719. The zero-order valence-electron chi connectivity index (χ0n) is 11.0. The van der Waals surface area contributed by atoms with Crippen LogP contribution in [0.25, 0.3) is 0 Å². The van der Waals surface area contributed by atoms with Crippen LogP contribution in [0.2, 0.25) is 0 Å². The van der Waals surface area contributed by atoms with Crippen molar-refractivity contribution in [2.24, 2.45) is 7.05 Å². The molecule has 1 rings (SSSR count). The second-order valence-corrected chi connectivity index (χ2v) is 4.50. The smallest absolute Gasteiger partial charge is 0.242 e. The molecule has 4 N–H and O–H groups in total. The Morgan fingerprint density at radius 1 is 1.41 bits per heavy atom. The van der Waals surface area contributed by atoms with E-state index in [-0.39, 0.29) is 18.0 Å². The van der Waals surface area contributed by atoms with E-state index in [1.165, 1.54) is 0 Å². The van der Waals surface area contributed by atoms with Crippen LogP contribution < -0.4 is 16.4 Å². The van der Waals surface area contributed by atoms with Gasteiger partial charge in [-0.3, -0.25) is 9.48 Å². The van der Waals surface area contributed by atoms with Crippen molar-refractivity contribution in [1.82, 2.24) is 15.1 Å². The van der Waals surface area contributed by atoms with Gasteiger partial charge in [-0.2, -0.15) is 5.10 Å². The third-order valence-electron chi connectivity index (χ3n) is 2.45. The van der Waals surface area contributed by atoms with Crippen LogP contribution in [0.3, 0.4) is 0 Å². The van der Waals surface area contributed by atoms with Crippen molar-refractivity contribution in [2.45, 2.75) is 39.8 Å². The monoisotopic (exact) mass is 239 g/mol. The summed E-state index contributed by atoms with van der Waals surface area (Å²) >= 11 is 0. The lowest BCUT2D eigenvalue weighted by Crippen LogP contribution is -2.41. The van der Waals surface area contributed by atoms with E-state index >= 15 is 0 Å². The summed E-state index contributed by atoms with van der Waals surface area (Å²) < 4.78 is 1.64. The number of nitrogen functional groups attached to an aromatic ring is 1. The van der Waals surface area contributed by atoms with Crippen LogP contribution in [0.1, 0.15) is 26.5 Å². The average Bonchev–Trinajstić information content (AvgIpc) is 2.44. The average molecular weight is 239 g/mol. The fourth-order valence-electron chi connectivity index (χ4n) is 1.53. The number of nitrogens with zero attached hydrogens (tertiary/aromatic N) is 2. The summed E-state index contributed by atoms with van der Waals surface area (Å²) in [5.74, 6) is 0.618. The van der Waals surface area contributed by atoms with Crippen LogP contribution in [-0.4, -0.2) is 27.8 Å². The Labute approximate surface area is 102 Å². The second kappa shape index (κ2) is 5.07. The van der Waals surface area contributed by atoms with Gasteiger partial charge in [0.25, 0.3) is 0 Å². The first-order chi connectivity index (χ1) is 7.82. The SMILES string of the molecule is Cc1nn(C)c(NC(C)C(=O)NC(C)C)c1N. The van der Waals surface area contributed by atoms with Crippen molar-refractivity contribution in [3.63, 3.8) is 0 Å². The first kappa shape index (κ1) is 13.3. The maximum atomic E-state index is 11.7. The summed E-state index contributed by atoms with van der Waals surface area (Å²) in [6.07, 6.45) is 0. The molecule has 96 valence electrons. The lowest BCUT2D eigenvalue weighted by atomic mass is 10.2. The molecule has 0 aromatic carbocycles. The van der Waals surface area contributed by atoms with Gasteiger partial charge in [-0.15, -0.1) is 0 Å². The van der Waals surface area contributed by atoms with E-state index < -0.39 is 0 Å². The van der Waals surface area contributed by atoms with Crippen LogP contribution in [-0.2, 0) is 11.8 Å². The van der Waals surface area contributed by atoms with Gasteiger partial charge in [0.05, 0.1) is 11.4 Å². The summed E-state index contributed by atoms with van der Waals surface area (Å²) in [7, 11) is 1.79. The number of rotatable bonds is 4. The number of carbonyl (C=O) groups is 1. The molecule has 6 heteroatoms. The summed E-state index contributed by atoms with van der Waals surface area (Å²) in [6, 6.07) is -0.230. The molecular formula is C11H21N5O. The van der Waals surface area contributed by atoms with Gasteiger partial charge in [0.2, 0.25) is 5.91 Å². The number of carbonyl (C=O) groups excluding carboxylic acids is 1. The van der Waals surface area contributed by atoms with Gasteiger partial charge in [-0.25, -0.2) is 0 Å². The van der Waals surface area contributed by atoms with Crippen LogP contribution in [0.15, 0.2) is 0 Å². The van der Waals surface area contributed by atoms with Crippen molar-refractivity contribution < 1.29 is 4.79 Å². The molecule has 0 radical (unpaired) electrons. The Morgan fingerprint density at radius 2 is 2.00 bits per heavy atom. The molecule has 1 unspecified atom stereocenters. The first-order valence-electron chi connectivity index (χ1n) is 5.69. The highest BCUT2D eigenvalue weighted by atomic mass is 16.2. The molecule has 1 aromatic heterocycles. The molecule has 0 fully saturated rings. The largest absolute Gasteiger partial charge is 0.394 e. The molecule has 0 saturated heterocycles. The maximum absolute atomic E-state index is 11.7. The number of hydrogen-bond acceptors (Lipinski definition) is 4. The van der Waals surface area contributed by atoms with Crippen LogP contribution in [0, 0.1) is 6.92 Å². The number of anilines is 2. The zero-order valence-corrected chi connectivity index (χ0v) is 11.0. The number of nitrogens with two attached hydrogens (primary N) is 1. The predicted molar refractivity (Wildman–Crippen MR) is 68.7 cm³/mol. The standard InChI is InChI=1S/C11H21N5O/c1-6(2)13-11(17)8(4)14-10-9(12)7(3)15-16(10)5/h6,8,14H,12H2,1-5H3,(H,13,17). The van der Waals surface area contributed by atoms with E-state index in [0.29, 0.717) is 11.5 Å². The Balaban J connectivity index is 2.74. The minimum atomic E-state index is -0.352. The van der Waals surface area contributed by atoms with Crippen LogP contribution in [0.5, 0.6) is 0 Å². The lowest BCUT2D eigenvalue weighted by molar-refractivity contribution is -0.122. The van der Waals surface area contributed by atoms with Crippen LogP contribution >= 0.6 is 0 Å². The van der Waals surface area contributed by atoms with Gasteiger partial charge in [-0.05, 0) is 27.7 Å². The van der Waals surface area contributed by atoms with Crippen molar-refractivity contribution >= 4 is 17.4 Å². The topological polar surface area (TPSA) is 85.0 Å². The first-order valence-corrected chi connectivity index (χ1v) is 5.69. The molecule has 1 heterocycles. The Bertz CT molecular complexity index is 410. The minimum Gasteiger partial charge on any atom is -0.394 e. The molecule has 1 amide bonds. The van der Waals surface area contributed by atoms with Gasteiger partial charge in [0.1, 0.15) is 11.9 Å². The lowest BCUT2D eigenvalue weighted by Gasteiger charge is -2.17. The Morgan fingerprint density at radius 3 is 2.41 bits per heavy atom. The Kier molecular flexibility index (Phi) is 3.98. The van der Waals surface area contributed by atoms with Crippen molar-refractivity contribution in [1.29, 1.82) is 0 Å². The van der Waals surface area contributed by atoms with Gasteiger partial charge >= 0.3 is 0 Å². The number of aryl methyl sites for hydroxylation is 2. The molecule has 1 aromatic rings. The second-order valence-electron chi connectivity index (χ2n) is 4.50. The molecule has 0 aliphatic heterocycles. The highest BCUT2D eigenvalue weighted by Gasteiger charge is 2.17. The molecule has 6 nitrogen and oxygen atoms in total. The summed E-state index contributed by atoms with van der Waals surface area (Å²) in [5, 5.41) is 10.1. The van der Waals surface area contributed by atoms with E-state index in [2.05, 4.69) is 15.7 Å². The molecule has 0 bridgehead atoms. The zero-order chi connectivity index (χ0) is 13.2. The number of hydrogen-bond donors (Lipinski definition) is 3. The summed E-state index contributed by atoms with van der Waals surface area (Å²) in [6.45, 7) is 7.47. The minimum absolute atomic E-state index is 0.0572. The van der Waals surface area contributed by atoms with Gasteiger partial charge in [0, 0.05) is 13.1 Å². The molecule has 1 atom stereocenters. The summed E-state index contributed by atoms with van der Waals surface area (Å²) in [5.41, 5.74) is 7.21. The highest BCUT2D eigenvalue weighted by Crippen LogP contribution is 2.21. The van der Waals surface area contributed by atoms with Gasteiger partial charge in [0.15, 0.2) is 0 Å². The van der Waals surface area contributed by atoms with Gasteiger partial charge < -0.3 is 16.4 Å². The van der Waals surface area contributed by atoms with E-state index in [9.17, 15) is 4.79 Å². The van der Waals surface area contributed by atoms with E-state index in [0.717, 1.165) is 5.69 Å². The maximum Gasteiger partial charge on any atom is 0.242 e. The fourth-order valence-corrected chi connectivity index (χ4v) is 1.53. The number of aromatic nitrogens is 2. The third-order valence-corrected chi connectivity index (χ3v) is 2.45. The van der Waals surface area contributed by atoms with Crippen molar-refractivity contribution in [2.75, 3.05) is 11.1 Å². The fraction of sp³-hybridized carbons (Fsp3) is 0.636. The predicted octanol–water partition coefficient (Wildman–Crippen LogP) is 0.636. The highest BCUT2D eigenvalue weighted by molar-refractivity contribution is 5.85. The van der Waals surface area contributed by atoms with Gasteiger partial charge in [-0.1, -0.05) is 0 Å². The normalized spacial score (nSPS) is 12.6. The number of amides is 1. The number of nitrogens with one attached hydrogen (secondary N) is 2. The van der Waals surface area contributed by atoms with E-state index in [1.807, 2.05) is 20.8 Å². The molecule has 0 spiro atoms. The molecule has 0 saturated carbocycles. The molecule has 0 aliphatic rings.